The van der Waals surface area contributed by atoms with Gasteiger partial charge in [0.2, 0.25) is 5.91 Å². The lowest BCUT2D eigenvalue weighted by Crippen LogP contribution is -2.39. The lowest BCUT2D eigenvalue weighted by molar-refractivity contribution is -0.130. The second kappa shape index (κ2) is 8.67. The Kier molecular flexibility index (Phi) is 6.54. The Labute approximate surface area is 127 Å². The number of ether oxygens (including phenoxy) is 1. The summed E-state index contributed by atoms with van der Waals surface area (Å²) < 4.78 is 5.33. The van der Waals surface area contributed by atoms with Crippen LogP contribution in [0, 0.1) is 0 Å². The molecule has 1 amide bonds. The molecule has 0 bridgehead atoms. The first-order chi connectivity index (χ1) is 10.3. The molecule has 1 aliphatic rings. The third kappa shape index (κ3) is 5.05. The summed E-state index contributed by atoms with van der Waals surface area (Å²) in [5.41, 5.74) is 1.18. The van der Waals surface area contributed by atoms with Crippen LogP contribution in [-0.4, -0.2) is 44.1 Å². The number of hydrogen-bond acceptors (Lipinski definition) is 3. The van der Waals surface area contributed by atoms with E-state index in [4.69, 9.17) is 4.74 Å². The topological polar surface area (TPSA) is 41.6 Å². The third-order valence-corrected chi connectivity index (χ3v) is 4.00. The average Bonchev–Trinajstić information content (AvgIpc) is 2.81. The number of amides is 1. The van der Waals surface area contributed by atoms with E-state index in [0.717, 1.165) is 44.6 Å². The van der Waals surface area contributed by atoms with Crippen molar-refractivity contribution in [3.05, 3.63) is 29.8 Å². The van der Waals surface area contributed by atoms with Crippen LogP contribution in [0.5, 0.6) is 5.75 Å². The summed E-state index contributed by atoms with van der Waals surface area (Å²) >= 11 is 0. The minimum Gasteiger partial charge on any atom is -0.496 e. The van der Waals surface area contributed by atoms with Gasteiger partial charge in [-0.15, -0.1) is 0 Å². The second-order valence-electron chi connectivity index (χ2n) is 5.53. The fourth-order valence-corrected chi connectivity index (χ4v) is 2.76. The number of likely N-dealkylation sites (tertiary alicyclic amines) is 1. The largest absolute Gasteiger partial charge is 0.496 e. The van der Waals surface area contributed by atoms with Crippen molar-refractivity contribution in [1.82, 2.24) is 10.2 Å². The van der Waals surface area contributed by atoms with Crippen molar-refractivity contribution in [1.29, 1.82) is 0 Å². The Morgan fingerprint density at radius 3 is 2.62 bits per heavy atom. The first kappa shape index (κ1) is 15.8. The van der Waals surface area contributed by atoms with Crippen molar-refractivity contribution >= 4 is 5.91 Å². The Hall–Kier alpha value is -1.55. The van der Waals surface area contributed by atoms with Crippen LogP contribution in [0.2, 0.25) is 0 Å². The monoisotopic (exact) mass is 290 g/mol. The summed E-state index contributed by atoms with van der Waals surface area (Å²) in [6, 6.07) is 8.02. The number of carbonyl (C=O) groups excluding carboxylic acids is 1. The van der Waals surface area contributed by atoms with Crippen molar-refractivity contribution in [3.8, 4) is 5.75 Å². The van der Waals surface area contributed by atoms with Crippen molar-refractivity contribution < 1.29 is 9.53 Å². The Morgan fingerprint density at radius 1 is 1.19 bits per heavy atom. The van der Waals surface area contributed by atoms with Crippen LogP contribution in [0.15, 0.2) is 24.3 Å². The summed E-state index contributed by atoms with van der Waals surface area (Å²) in [4.78, 5) is 14.1. The Morgan fingerprint density at radius 2 is 1.90 bits per heavy atom. The average molecular weight is 290 g/mol. The van der Waals surface area contributed by atoms with Gasteiger partial charge in [-0.3, -0.25) is 4.79 Å². The van der Waals surface area contributed by atoms with Gasteiger partial charge in [0, 0.05) is 13.1 Å². The van der Waals surface area contributed by atoms with Gasteiger partial charge in [0.05, 0.1) is 13.7 Å². The molecule has 1 fully saturated rings. The lowest BCUT2D eigenvalue weighted by atomic mass is 10.1. The molecule has 4 heteroatoms. The summed E-state index contributed by atoms with van der Waals surface area (Å²) in [6.07, 6.45) is 5.67. The zero-order valence-electron chi connectivity index (χ0n) is 12.9. The molecule has 0 saturated carbocycles. The third-order valence-electron chi connectivity index (χ3n) is 4.00. The van der Waals surface area contributed by atoms with Crippen molar-refractivity contribution in [2.75, 3.05) is 33.3 Å². The molecule has 0 atom stereocenters. The molecule has 1 aromatic rings. The van der Waals surface area contributed by atoms with E-state index < -0.39 is 0 Å². The number of benzene rings is 1. The van der Waals surface area contributed by atoms with E-state index in [-0.39, 0.29) is 5.91 Å². The molecule has 4 nitrogen and oxygen atoms in total. The number of nitrogens with zero attached hydrogens (tertiary/aromatic N) is 1. The predicted molar refractivity (Wildman–Crippen MR) is 84.6 cm³/mol. The minimum atomic E-state index is 0.233. The van der Waals surface area contributed by atoms with Crippen molar-refractivity contribution in [2.45, 2.75) is 32.1 Å². The maximum atomic E-state index is 12.1. The van der Waals surface area contributed by atoms with E-state index in [9.17, 15) is 4.79 Å². The molecule has 2 rings (SSSR count). The number of para-hydroxylation sites is 1. The fourth-order valence-electron chi connectivity index (χ4n) is 2.76. The number of methoxy groups -OCH3 is 1. The normalized spacial score (nSPS) is 15.6. The first-order valence-electron chi connectivity index (χ1n) is 7.91. The fraction of sp³-hybridized carbons (Fsp3) is 0.588. The lowest BCUT2D eigenvalue weighted by Gasteiger charge is -2.20. The van der Waals surface area contributed by atoms with Crippen molar-refractivity contribution in [2.24, 2.45) is 0 Å². The van der Waals surface area contributed by atoms with Gasteiger partial charge in [-0.05, 0) is 37.4 Å². The summed E-state index contributed by atoms with van der Waals surface area (Å²) in [5.74, 6) is 1.15. The van der Waals surface area contributed by atoms with E-state index in [1.807, 2.05) is 23.1 Å². The van der Waals surface area contributed by atoms with Gasteiger partial charge in [0.15, 0.2) is 0 Å². The zero-order chi connectivity index (χ0) is 14.9. The summed E-state index contributed by atoms with van der Waals surface area (Å²) in [7, 11) is 1.69. The standard InChI is InChI=1S/C17H26N2O2/c1-21-16-9-5-4-8-15(16)10-11-18-14-17(20)19-12-6-2-3-7-13-19/h4-5,8-9,18H,2-3,6-7,10-14H2,1H3. The van der Waals surface area contributed by atoms with Gasteiger partial charge in [0.1, 0.15) is 5.75 Å². The Balaban J connectivity index is 1.70. The van der Waals surface area contributed by atoms with Gasteiger partial charge in [-0.2, -0.15) is 0 Å². The number of carbonyl (C=O) groups is 1. The first-order valence-corrected chi connectivity index (χ1v) is 7.91. The molecular formula is C17H26N2O2. The zero-order valence-corrected chi connectivity index (χ0v) is 12.9. The number of rotatable bonds is 6. The quantitative estimate of drug-likeness (QED) is 0.817. The number of hydrogen-bond donors (Lipinski definition) is 1. The molecule has 1 heterocycles. The molecule has 1 aromatic carbocycles. The van der Waals surface area contributed by atoms with E-state index in [2.05, 4.69) is 11.4 Å². The van der Waals surface area contributed by atoms with E-state index in [1.54, 1.807) is 7.11 Å². The van der Waals surface area contributed by atoms with E-state index in [1.165, 1.54) is 18.4 Å². The highest BCUT2D eigenvalue weighted by Crippen LogP contribution is 2.17. The van der Waals surface area contributed by atoms with E-state index in [0.29, 0.717) is 6.54 Å². The summed E-state index contributed by atoms with van der Waals surface area (Å²) in [6.45, 7) is 3.08. The van der Waals surface area contributed by atoms with Crippen LogP contribution in [-0.2, 0) is 11.2 Å². The smallest absolute Gasteiger partial charge is 0.236 e. The molecule has 21 heavy (non-hydrogen) atoms. The highest BCUT2D eigenvalue weighted by atomic mass is 16.5. The number of nitrogens with one attached hydrogen (secondary N) is 1. The molecule has 1 saturated heterocycles. The maximum Gasteiger partial charge on any atom is 0.236 e. The maximum absolute atomic E-state index is 12.1. The van der Waals surface area contributed by atoms with E-state index >= 15 is 0 Å². The molecular weight excluding hydrogens is 264 g/mol. The van der Waals surface area contributed by atoms with Gasteiger partial charge in [0.25, 0.3) is 0 Å². The highest BCUT2D eigenvalue weighted by Gasteiger charge is 2.14. The molecule has 0 spiro atoms. The summed E-state index contributed by atoms with van der Waals surface area (Å²) in [5, 5.41) is 3.26. The molecule has 0 unspecified atom stereocenters. The van der Waals surface area contributed by atoms with Gasteiger partial charge in [-0.25, -0.2) is 0 Å². The van der Waals surface area contributed by atoms with Crippen LogP contribution in [0.4, 0.5) is 0 Å². The van der Waals surface area contributed by atoms with Crippen LogP contribution < -0.4 is 10.1 Å². The molecule has 0 aromatic heterocycles. The Bertz CT molecular complexity index is 440. The van der Waals surface area contributed by atoms with Crippen LogP contribution in [0.1, 0.15) is 31.2 Å². The van der Waals surface area contributed by atoms with Crippen molar-refractivity contribution in [3.63, 3.8) is 0 Å². The second-order valence-corrected chi connectivity index (χ2v) is 5.53. The van der Waals surface area contributed by atoms with Gasteiger partial charge < -0.3 is 15.0 Å². The SMILES string of the molecule is COc1ccccc1CCNCC(=O)N1CCCCCC1. The molecule has 1 N–H and O–H groups in total. The van der Waals surface area contributed by atoms with Gasteiger partial charge >= 0.3 is 0 Å². The molecule has 0 aliphatic carbocycles. The van der Waals surface area contributed by atoms with Crippen LogP contribution >= 0.6 is 0 Å². The highest BCUT2D eigenvalue weighted by molar-refractivity contribution is 5.78. The van der Waals surface area contributed by atoms with Gasteiger partial charge in [-0.1, -0.05) is 31.0 Å². The predicted octanol–water partition coefficient (Wildman–Crippen LogP) is 2.23. The van der Waals surface area contributed by atoms with Crippen LogP contribution in [0.25, 0.3) is 0 Å². The van der Waals surface area contributed by atoms with Crippen LogP contribution in [0.3, 0.4) is 0 Å². The molecule has 116 valence electrons. The molecule has 1 aliphatic heterocycles. The molecule has 0 radical (unpaired) electrons. The minimum absolute atomic E-state index is 0.233.